The monoisotopic (exact) mass is 347 g/mol. The lowest BCUT2D eigenvalue weighted by Gasteiger charge is -2.15. The minimum absolute atomic E-state index is 0.427. The third-order valence-electron chi connectivity index (χ3n) is 4.56. The first-order valence-electron chi connectivity index (χ1n) is 9.08. The van der Waals surface area contributed by atoms with Crippen LogP contribution >= 0.6 is 0 Å². The minimum Gasteiger partial charge on any atom is -0.496 e. The van der Waals surface area contributed by atoms with Gasteiger partial charge in [-0.3, -0.25) is 4.98 Å². The highest BCUT2D eigenvalue weighted by Crippen LogP contribution is 2.31. The number of hydrogen-bond acceptors (Lipinski definition) is 3. The zero-order valence-corrected chi connectivity index (χ0v) is 15.7. The molecule has 134 valence electrons. The molecule has 1 aromatic heterocycles. The van der Waals surface area contributed by atoms with Crippen LogP contribution in [0.15, 0.2) is 60.8 Å². The average molecular weight is 347 g/mol. The van der Waals surface area contributed by atoms with Crippen LogP contribution in [0.4, 0.5) is 0 Å². The molecule has 3 heteroatoms. The molecule has 0 amide bonds. The highest BCUT2D eigenvalue weighted by molar-refractivity contribution is 5.69. The first-order valence-corrected chi connectivity index (χ1v) is 9.08. The van der Waals surface area contributed by atoms with E-state index in [1.54, 1.807) is 7.11 Å². The minimum atomic E-state index is 0.427. The zero-order chi connectivity index (χ0) is 18.4. The Kier molecular flexibility index (Phi) is 5.90. The van der Waals surface area contributed by atoms with Gasteiger partial charge in [-0.25, -0.2) is 0 Å². The second kappa shape index (κ2) is 8.52. The van der Waals surface area contributed by atoms with E-state index in [-0.39, 0.29) is 0 Å². The molecule has 3 aromatic rings. The molecule has 0 aliphatic heterocycles. The van der Waals surface area contributed by atoms with E-state index in [1.165, 1.54) is 16.7 Å². The molecule has 26 heavy (non-hydrogen) atoms. The SMILES string of the molecule is CCc1cccc(CC)c1-c1cc(OC)c(COc2ccccc2)cn1. The highest BCUT2D eigenvalue weighted by Gasteiger charge is 2.13. The quantitative estimate of drug-likeness (QED) is 0.568. The molecular formula is C23H25NO2. The molecule has 0 aliphatic rings. The fourth-order valence-electron chi connectivity index (χ4n) is 3.15. The van der Waals surface area contributed by atoms with Gasteiger partial charge in [-0.2, -0.15) is 0 Å². The number of aryl methyl sites for hydroxylation is 2. The van der Waals surface area contributed by atoms with E-state index in [2.05, 4.69) is 32.0 Å². The van der Waals surface area contributed by atoms with Crippen LogP contribution < -0.4 is 9.47 Å². The molecule has 0 atom stereocenters. The van der Waals surface area contributed by atoms with E-state index in [1.807, 2.05) is 42.6 Å². The number of para-hydroxylation sites is 1. The van der Waals surface area contributed by atoms with Gasteiger partial charge in [0.15, 0.2) is 0 Å². The Balaban J connectivity index is 1.92. The number of aromatic nitrogens is 1. The van der Waals surface area contributed by atoms with Crippen molar-refractivity contribution in [3.8, 4) is 22.8 Å². The molecule has 0 saturated heterocycles. The van der Waals surface area contributed by atoms with E-state index >= 15 is 0 Å². The van der Waals surface area contributed by atoms with Crippen LogP contribution in [0.1, 0.15) is 30.5 Å². The van der Waals surface area contributed by atoms with Crippen molar-refractivity contribution >= 4 is 0 Å². The molecule has 0 N–H and O–H groups in total. The van der Waals surface area contributed by atoms with Crippen LogP contribution in [0.3, 0.4) is 0 Å². The second-order valence-corrected chi connectivity index (χ2v) is 6.14. The van der Waals surface area contributed by atoms with Crippen molar-refractivity contribution in [3.05, 3.63) is 77.5 Å². The van der Waals surface area contributed by atoms with Crippen LogP contribution in [0.25, 0.3) is 11.3 Å². The number of hydrogen-bond donors (Lipinski definition) is 0. The normalized spacial score (nSPS) is 10.6. The summed E-state index contributed by atoms with van der Waals surface area (Å²) in [6.45, 7) is 4.78. The van der Waals surface area contributed by atoms with Crippen LogP contribution in [-0.4, -0.2) is 12.1 Å². The van der Waals surface area contributed by atoms with Crippen LogP contribution in [-0.2, 0) is 19.4 Å². The lowest BCUT2D eigenvalue weighted by molar-refractivity contribution is 0.296. The van der Waals surface area contributed by atoms with E-state index in [9.17, 15) is 0 Å². The first-order chi connectivity index (χ1) is 12.8. The lowest BCUT2D eigenvalue weighted by Crippen LogP contribution is -2.02. The Hall–Kier alpha value is -2.81. The summed E-state index contributed by atoms with van der Waals surface area (Å²) in [5, 5.41) is 0. The highest BCUT2D eigenvalue weighted by atomic mass is 16.5. The summed E-state index contributed by atoms with van der Waals surface area (Å²) in [5.41, 5.74) is 5.75. The maximum Gasteiger partial charge on any atom is 0.129 e. The van der Waals surface area contributed by atoms with Crippen molar-refractivity contribution < 1.29 is 9.47 Å². The van der Waals surface area contributed by atoms with E-state index in [0.717, 1.165) is 35.6 Å². The number of ether oxygens (including phenoxy) is 2. The predicted molar refractivity (Wildman–Crippen MR) is 106 cm³/mol. The van der Waals surface area contributed by atoms with E-state index < -0.39 is 0 Å². The maximum absolute atomic E-state index is 5.85. The largest absolute Gasteiger partial charge is 0.496 e. The van der Waals surface area contributed by atoms with Gasteiger partial charge in [0.2, 0.25) is 0 Å². The zero-order valence-electron chi connectivity index (χ0n) is 15.7. The Morgan fingerprint density at radius 1 is 0.846 bits per heavy atom. The Morgan fingerprint density at radius 2 is 1.54 bits per heavy atom. The summed E-state index contributed by atoms with van der Waals surface area (Å²) in [6, 6.07) is 18.3. The average Bonchev–Trinajstić information content (AvgIpc) is 2.72. The molecule has 2 aromatic carbocycles. The van der Waals surface area contributed by atoms with Gasteiger partial charge in [0.1, 0.15) is 18.1 Å². The van der Waals surface area contributed by atoms with Gasteiger partial charge < -0.3 is 9.47 Å². The Labute approximate surface area is 155 Å². The van der Waals surface area contributed by atoms with Gasteiger partial charge in [-0.15, -0.1) is 0 Å². The molecule has 0 spiro atoms. The lowest BCUT2D eigenvalue weighted by atomic mass is 9.94. The second-order valence-electron chi connectivity index (χ2n) is 6.14. The maximum atomic E-state index is 5.85. The molecule has 0 aliphatic carbocycles. The van der Waals surface area contributed by atoms with Crippen molar-refractivity contribution in [1.82, 2.24) is 4.98 Å². The summed E-state index contributed by atoms with van der Waals surface area (Å²) < 4.78 is 11.5. The molecule has 1 heterocycles. The number of methoxy groups -OCH3 is 1. The molecule has 0 unspecified atom stereocenters. The van der Waals surface area contributed by atoms with Gasteiger partial charge in [-0.1, -0.05) is 50.2 Å². The predicted octanol–water partition coefficient (Wildman–Crippen LogP) is 5.46. The molecular weight excluding hydrogens is 322 g/mol. The van der Waals surface area contributed by atoms with E-state index in [4.69, 9.17) is 14.5 Å². The fraction of sp³-hybridized carbons (Fsp3) is 0.261. The van der Waals surface area contributed by atoms with Crippen molar-refractivity contribution in [2.75, 3.05) is 7.11 Å². The Morgan fingerprint density at radius 3 is 2.15 bits per heavy atom. The number of pyridine rings is 1. The van der Waals surface area contributed by atoms with Crippen molar-refractivity contribution in [3.63, 3.8) is 0 Å². The van der Waals surface area contributed by atoms with Crippen molar-refractivity contribution in [2.24, 2.45) is 0 Å². The summed E-state index contributed by atoms with van der Waals surface area (Å²) in [7, 11) is 1.69. The summed E-state index contributed by atoms with van der Waals surface area (Å²) in [4.78, 5) is 4.73. The third kappa shape index (κ3) is 3.88. The molecule has 0 saturated carbocycles. The number of nitrogens with zero attached hydrogens (tertiary/aromatic N) is 1. The van der Waals surface area contributed by atoms with Crippen LogP contribution in [0, 0.1) is 0 Å². The molecule has 0 radical (unpaired) electrons. The molecule has 0 bridgehead atoms. The topological polar surface area (TPSA) is 31.4 Å². The first kappa shape index (κ1) is 18.0. The van der Waals surface area contributed by atoms with Gasteiger partial charge in [0, 0.05) is 23.4 Å². The summed E-state index contributed by atoms with van der Waals surface area (Å²) >= 11 is 0. The van der Waals surface area contributed by atoms with Gasteiger partial charge in [0.25, 0.3) is 0 Å². The van der Waals surface area contributed by atoms with Crippen molar-refractivity contribution in [1.29, 1.82) is 0 Å². The molecule has 0 fully saturated rings. The number of benzene rings is 2. The van der Waals surface area contributed by atoms with E-state index in [0.29, 0.717) is 6.61 Å². The Bertz CT molecular complexity index is 837. The fourth-order valence-corrected chi connectivity index (χ4v) is 3.15. The van der Waals surface area contributed by atoms with Crippen LogP contribution in [0.2, 0.25) is 0 Å². The van der Waals surface area contributed by atoms with Gasteiger partial charge in [0.05, 0.1) is 12.8 Å². The van der Waals surface area contributed by atoms with Gasteiger partial charge in [-0.05, 0) is 36.1 Å². The summed E-state index contributed by atoms with van der Waals surface area (Å²) in [6.07, 6.45) is 3.82. The standard InChI is InChI=1S/C23H25NO2/c1-4-17-10-9-11-18(5-2)23(17)21-14-22(25-3)19(15-24-21)16-26-20-12-7-6-8-13-20/h6-15H,4-5,16H2,1-3H3. The van der Waals surface area contributed by atoms with Gasteiger partial charge >= 0.3 is 0 Å². The third-order valence-corrected chi connectivity index (χ3v) is 4.56. The summed E-state index contributed by atoms with van der Waals surface area (Å²) in [5.74, 6) is 1.64. The van der Waals surface area contributed by atoms with Crippen molar-refractivity contribution in [2.45, 2.75) is 33.3 Å². The van der Waals surface area contributed by atoms with Crippen LogP contribution in [0.5, 0.6) is 11.5 Å². The smallest absolute Gasteiger partial charge is 0.129 e. The molecule has 3 nitrogen and oxygen atoms in total. The number of rotatable bonds is 7. The molecule has 3 rings (SSSR count).